The number of nitrogens with one attached hydrogen (secondary N) is 1. The van der Waals surface area contributed by atoms with Gasteiger partial charge in [0.2, 0.25) is 5.91 Å². The Morgan fingerprint density at radius 1 is 1.04 bits per heavy atom. The number of carbonyl (C=O) groups is 1. The maximum atomic E-state index is 12.2. The van der Waals surface area contributed by atoms with Gasteiger partial charge in [0, 0.05) is 11.6 Å². The molecular formula is C16H14ClN5O2. The summed E-state index contributed by atoms with van der Waals surface area (Å²) in [5, 5.41) is 10.8. The van der Waals surface area contributed by atoms with Crippen LogP contribution < -0.4 is 11.0 Å². The quantitative estimate of drug-likeness (QED) is 0.759. The van der Waals surface area contributed by atoms with Crippen molar-refractivity contribution >= 4 is 17.5 Å². The SMILES string of the molecule is O=C(Cn1nnn(-c2ccccc2)c1=O)NCc1ccccc1Cl. The highest BCUT2D eigenvalue weighted by Crippen LogP contribution is 2.14. The lowest BCUT2D eigenvalue weighted by Crippen LogP contribution is -2.33. The fraction of sp³-hybridized carbons (Fsp3) is 0.125. The number of hydrogen-bond donors (Lipinski definition) is 1. The zero-order valence-electron chi connectivity index (χ0n) is 12.6. The van der Waals surface area contributed by atoms with Gasteiger partial charge < -0.3 is 5.32 Å². The molecule has 0 aliphatic carbocycles. The van der Waals surface area contributed by atoms with Gasteiger partial charge in [-0.1, -0.05) is 48.0 Å². The number of halogens is 1. The van der Waals surface area contributed by atoms with E-state index in [2.05, 4.69) is 15.7 Å². The molecule has 0 spiro atoms. The van der Waals surface area contributed by atoms with Crippen molar-refractivity contribution in [2.24, 2.45) is 0 Å². The molecule has 0 radical (unpaired) electrons. The number of hydrogen-bond acceptors (Lipinski definition) is 4. The summed E-state index contributed by atoms with van der Waals surface area (Å²) in [6.07, 6.45) is 0. The zero-order valence-corrected chi connectivity index (χ0v) is 13.3. The van der Waals surface area contributed by atoms with Crippen LogP contribution in [0.15, 0.2) is 59.4 Å². The molecule has 7 nitrogen and oxygen atoms in total. The minimum atomic E-state index is -0.478. The van der Waals surface area contributed by atoms with Crippen LogP contribution in [-0.4, -0.2) is 25.7 Å². The monoisotopic (exact) mass is 343 g/mol. The van der Waals surface area contributed by atoms with E-state index in [1.54, 1.807) is 30.3 Å². The van der Waals surface area contributed by atoms with Crippen molar-refractivity contribution in [1.82, 2.24) is 25.1 Å². The van der Waals surface area contributed by atoms with Gasteiger partial charge in [-0.2, -0.15) is 9.36 Å². The van der Waals surface area contributed by atoms with Crippen molar-refractivity contribution in [3.05, 3.63) is 75.7 Å². The van der Waals surface area contributed by atoms with Crippen LogP contribution in [0.25, 0.3) is 5.69 Å². The third kappa shape index (κ3) is 3.52. The number of carbonyl (C=O) groups excluding carboxylic acids is 1. The van der Waals surface area contributed by atoms with E-state index in [0.717, 1.165) is 14.9 Å². The van der Waals surface area contributed by atoms with Crippen molar-refractivity contribution in [2.75, 3.05) is 0 Å². The maximum Gasteiger partial charge on any atom is 0.368 e. The Kier molecular flexibility index (Phi) is 4.72. The molecule has 0 aliphatic heterocycles. The van der Waals surface area contributed by atoms with Crippen molar-refractivity contribution < 1.29 is 4.79 Å². The van der Waals surface area contributed by atoms with Crippen LogP contribution >= 0.6 is 11.6 Å². The van der Waals surface area contributed by atoms with Gasteiger partial charge in [-0.15, -0.1) is 0 Å². The Morgan fingerprint density at radius 3 is 2.50 bits per heavy atom. The second-order valence-electron chi connectivity index (χ2n) is 5.03. The van der Waals surface area contributed by atoms with Gasteiger partial charge >= 0.3 is 5.69 Å². The van der Waals surface area contributed by atoms with Gasteiger partial charge in [-0.05, 0) is 34.2 Å². The number of rotatable bonds is 5. The van der Waals surface area contributed by atoms with Crippen LogP contribution in [0.1, 0.15) is 5.56 Å². The lowest BCUT2D eigenvalue weighted by Gasteiger charge is -2.06. The first kappa shape index (κ1) is 15.9. The molecule has 1 amide bonds. The minimum absolute atomic E-state index is 0.212. The van der Waals surface area contributed by atoms with Gasteiger partial charge in [0.15, 0.2) is 0 Å². The van der Waals surface area contributed by atoms with Gasteiger partial charge in [-0.3, -0.25) is 4.79 Å². The molecule has 24 heavy (non-hydrogen) atoms. The van der Waals surface area contributed by atoms with Gasteiger partial charge in [0.25, 0.3) is 0 Å². The van der Waals surface area contributed by atoms with E-state index in [4.69, 9.17) is 11.6 Å². The molecule has 1 N–H and O–H groups in total. The van der Waals surface area contributed by atoms with Crippen LogP contribution in [0.3, 0.4) is 0 Å². The highest BCUT2D eigenvalue weighted by Gasteiger charge is 2.12. The summed E-state index contributed by atoms with van der Waals surface area (Å²) >= 11 is 6.03. The largest absolute Gasteiger partial charge is 0.368 e. The molecule has 8 heteroatoms. The normalized spacial score (nSPS) is 10.5. The molecule has 2 aromatic carbocycles. The molecule has 0 unspecified atom stereocenters. The lowest BCUT2D eigenvalue weighted by molar-refractivity contribution is -0.122. The second kappa shape index (κ2) is 7.10. The van der Waals surface area contributed by atoms with E-state index >= 15 is 0 Å². The van der Waals surface area contributed by atoms with E-state index < -0.39 is 5.69 Å². The molecule has 0 saturated heterocycles. The molecule has 1 heterocycles. The van der Waals surface area contributed by atoms with Gasteiger partial charge in [0.05, 0.1) is 5.69 Å². The van der Waals surface area contributed by atoms with Crippen molar-refractivity contribution in [1.29, 1.82) is 0 Å². The van der Waals surface area contributed by atoms with Crippen LogP contribution in [-0.2, 0) is 17.9 Å². The Labute approximate surface area is 142 Å². The lowest BCUT2D eigenvalue weighted by atomic mass is 10.2. The van der Waals surface area contributed by atoms with E-state index in [-0.39, 0.29) is 19.0 Å². The van der Waals surface area contributed by atoms with Gasteiger partial charge in [0.1, 0.15) is 6.54 Å². The van der Waals surface area contributed by atoms with Crippen LogP contribution in [0.2, 0.25) is 5.02 Å². The van der Waals surface area contributed by atoms with E-state index in [1.807, 2.05) is 24.3 Å². The first-order valence-corrected chi connectivity index (χ1v) is 7.61. The Balaban J connectivity index is 1.66. The summed E-state index contributed by atoms with van der Waals surface area (Å²) < 4.78 is 2.15. The summed E-state index contributed by atoms with van der Waals surface area (Å²) in [6, 6.07) is 16.1. The number of aromatic nitrogens is 4. The third-order valence-corrected chi connectivity index (χ3v) is 3.74. The predicted octanol–water partition coefficient (Wildman–Crippen LogP) is 1.40. The minimum Gasteiger partial charge on any atom is -0.350 e. The predicted molar refractivity (Wildman–Crippen MR) is 88.9 cm³/mol. The van der Waals surface area contributed by atoms with Crippen molar-refractivity contribution in [3.8, 4) is 5.69 Å². The van der Waals surface area contributed by atoms with E-state index in [9.17, 15) is 9.59 Å². The average Bonchev–Trinajstić information content (AvgIpc) is 2.96. The Morgan fingerprint density at radius 2 is 1.75 bits per heavy atom. The summed E-state index contributed by atoms with van der Waals surface area (Å²) in [7, 11) is 0. The average molecular weight is 344 g/mol. The standard InChI is InChI=1S/C16H14ClN5O2/c17-14-9-5-4-6-12(14)10-18-15(23)11-21-16(24)22(20-19-21)13-7-2-1-3-8-13/h1-9H,10-11H2,(H,18,23). The molecule has 0 atom stereocenters. The first-order valence-electron chi connectivity index (χ1n) is 7.23. The third-order valence-electron chi connectivity index (χ3n) is 3.37. The second-order valence-corrected chi connectivity index (χ2v) is 5.44. The fourth-order valence-corrected chi connectivity index (χ4v) is 2.33. The molecule has 1 aromatic heterocycles. The zero-order chi connectivity index (χ0) is 16.9. The smallest absolute Gasteiger partial charge is 0.350 e. The number of amides is 1. The Bertz CT molecular complexity index is 904. The van der Waals surface area contributed by atoms with E-state index in [1.165, 1.54) is 0 Å². The Hall–Kier alpha value is -2.93. The highest BCUT2D eigenvalue weighted by molar-refractivity contribution is 6.31. The van der Waals surface area contributed by atoms with Crippen LogP contribution in [0.5, 0.6) is 0 Å². The highest BCUT2D eigenvalue weighted by atomic mass is 35.5. The number of nitrogens with zero attached hydrogens (tertiary/aromatic N) is 4. The molecule has 0 fully saturated rings. The number of para-hydroxylation sites is 1. The van der Waals surface area contributed by atoms with E-state index in [0.29, 0.717) is 10.7 Å². The molecule has 0 aliphatic rings. The topological polar surface area (TPSA) is 81.8 Å². The van der Waals surface area contributed by atoms with Crippen LogP contribution in [0, 0.1) is 0 Å². The van der Waals surface area contributed by atoms with Crippen molar-refractivity contribution in [2.45, 2.75) is 13.1 Å². The summed E-state index contributed by atoms with van der Waals surface area (Å²) in [5.41, 5.74) is 0.909. The summed E-state index contributed by atoms with van der Waals surface area (Å²) in [4.78, 5) is 24.2. The fourth-order valence-electron chi connectivity index (χ4n) is 2.13. The number of benzene rings is 2. The molecular weight excluding hydrogens is 330 g/mol. The van der Waals surface area contributed by atoms with Crippen molar-refractivity contribution in [3.63, 3.8) is 0 Å². The molecule has 0 bridgehead atoms. The molecule has 3 rings (SSSR count). The summed E-state index contributed by atoms with van der Waals surface area (Å²) in [6.45, 7) is 0.0657. The first-order chi connectivity index (χ1) is 11.6. The molecule has 3 aromatic rings. The van der Waals surface area contributed by atoms with Gasteiger partial charge in [-0.25, -0.2) is 4.79 Å². The molecule has 122 valence electrons. The van der Waals surface area contributed by atoms with Crippen LogP contribution in [0.4, 0.5) is 0 Å². The molecule has 0 saturated carbocycles. The number of tetrazole rings is 1. The summed E-state index contributed by atoms with van der Waals surface area (Å²) in [5.74, 6) is -0.350. The maximum absolute atomic E-state index is 12.2.